The van der Waals surface area contributed by atoms with Crippen LogP contribution in [0.15, 0.2) is 42.6 Å². The minimum absolute atomic E-state index is 0. The van der Waals surface area contributed by atoms with E-state index in [1.54, 1.807) is 13.8 Å². The van der Waals surface area contributed by atoms with Gasteiger partial charge in [0.1, 0.15) is 17.0 Å². The summed E-state index contributed by atoms with van der Waals surface area (Å²) in [4.78, 5) is 30.9. The Balaban J connectivity index is 0.00000241. The summed E-state index contributed by atoms with van der Waals surface area (Å²) in [5, 5.41) is 12.5. The summed E-state index contributed by atoms with van der Waals surface area (Å²) in [5.41, 5.74) is 1.13. The molecule has 0 aliphatic rings. The summed E-state index contributed by atoms with van der Waals surface area (Å²) in [6.07, 6.45) is 1.10. The van der Waals surface area contributed by atoms with Crippen LogP contribution in [0.25, 0.3) is 22.3 Å². The van der Waals surface area contributed by atoms with Gasteiger partial charge < -0.3 is 27.4 Å². The quantitative estimate of drug-likeness (QED) is 0.208. The number of benzene rings is 1. The van der Waals surface area contributed by atoms with E-state index in [0.717, 1.165) is 18.3 Å². The lowest BCUT2D eigenvalue weighted by Gasteiger charge is -2.20. The van der Waals surface area contributed by atoms with Gasteiger partial charge in [0.2, 0.25) is 0 Å². The van der Waals surface area contributed by atoms with E-state index in [0.29, 0.717) is 5.69 Å². The lowest BCUT2D eigenvalue weighted by atomic mass is 10.0. The number of anilines is 1. The van der Waals surface area contributed by atoms with Crippen LogP contribution in [0, 0.1) is 29.9 Å². The predicted molar refractivity (Wildman–Crippen MR) is 137 cm³/mol. The number of nitrogens with one attached hydrogen (secondary N) is 1. The maximum Gasteiger partial charge on any atom is 0.374 e. The molecule has 0 aliphatic carbocycles. The molecular weight excluding hydrogens is 527 g/mol. The van der Waals surface area contributed by atoms with Gasteiger partial charge in [0.25, 0.3) is 0 Å². The summed E-state index contributed by atoms with van der Waals surface area (Å²) in [6.45, 7) is 3.30. The number of rotatable bonds is 5. The molecule has 0 amide bonds. The third-order valence-corrected chi connectivity index (χ3v) is 6.61. The second kappa shape index (κ2) is 11.2. The number of nitrogens with zero attached hydrogens (tertiary/aromatic N) is 4. The van der Waals surface area contributed by atoms with Crippen LogP contribution >= 0.6 is 19.2 Å². The number of pyridine rings is 3. The normalized spacial score (nSPS) is 11.7. The molecular formula is C23H23ClF2N7O3P. The van der Waals surface area contributed by atoms with Gasteiger partial charge in [-0.2, -0.15) is 5.26 Å². The van der Waals surface area contributed by atoms with E-state index in [1.807, 2.05) is 6.07 Å². The fourth-order valence-electron chi connectivity index (χ4n) is 3.54. The number of nitriles is 1. The average Bonchev–Trinajstić information content (AvgIpc) is 2.81. The summed E-state index contributed by atoms with van der Waals surface area (Å²) >= 11 is 6.51. The predicted octanol–water partition coefficient (Wildman–Crippen LogP) is 5.10. The first-order valence-electron chi connectivity index (χ1n) is 10.1. The molecule has 0 spiro atoms. The van der Waals surface area contributed by atoms with Gasteiger partial charge in [-0.1, -0.05) is 11.6 Å². The zero-order chi connectivity index (χ0) is 25.5. The van der Waals surface area contributed by atoms with Gasteiger partial charge in [-0.25, -0.2) is 23.7 Å². The molecule has 0 bridgehead atoms. The first kappa shape index (κ1) is 29.7. The zero-order valence-corrected chi connectivity index (χ0v) is 21.4. The topological polar surface area (TPSA) is 202 Å². The second-order valence-electron chi connectivity index (χ2n) is 7.74. The molecule has 0 fully saturated rings. The van der Waals surface area contributed by atoms with Gasteiger partial charge in [0.05, 0.1) is 39.6 Å². The summed E-state index contributed by atoms with van der Waals surface area (Å²) in [7, 11) is -4.57. The van der Waals surface area contributed by atoms with Crippen molar-refractivity contribution in [3.63, 3.8) is 0 Å². The number of hydrogen-bond acceptors (Lipinski definition) is 8. The van der Waals surface area contributed by atoms with Crippen molar-refractivity contribution in [3.05, 3.63) is 76.1 Å². The molecule has 3 heterocycles. The monoisotopic (exact) mass is 549 g/mol. The lowest BCUT2D eigenvalue weighted by Crippen LogP contribution is -2.11. The van der Waals surface area contributed by atoms with Crippen molar-refractivity contribution in [1.82, 2.24) is 27.3 Å². The largest absolute Gasteiger partial charge is 0.375 e. The molecule has 10 nitrogen and oxygen atoms in total. The Labute approximate surface area is 215 Å². The van der Waals surface area contributed by atoms with Crippen molar-refractivity contribution in [1.29, 1.82) is 5.26 Å². The van der Waals surface area contributed by atoms with Crippen LogP contribution in [-0.2, 0) is 4.57 Å². The molecule has 0 aliphatic heterocycles. The van der Waals surface area contributed by atoms with E-state index in [1.165, 1.54) is 24.3 Å². The van der Waals surface area contributed by atoms with Crippen LogP contribution in [-0.4, -0.2) is 24.7 Å². The Hall–Kier alpha value is -3.56. The molecule has 0 saturated heterocycles. The highest BCUT2D eigenvalue weighted by Crippen LogP contribution is 2.37. The molecule has 194 valence electrons. The van der Waals surface area contributed by atoms with E-state index >= 15 is 0 Å². The van der Waals surface area contributed by atoms with Crippen molar-refractivity contribution < 1.29 is 23.1 Å². The van der Waals surface area contributed by atoms with Gasteiger partial charge in [-0.15, -0.1) is 0 Å². The number of aromatic nitrogens is 3. The molecule has 4 rings (SSSR count). The van der Waals surface area contributed by atoms with Gasteiger partial charge in [-0.05, 0) is 44.2 Å². The minimum Gasteiger partial charge on any atom is -0.375 e. The summed E-state index contributed by atoms with van der Waals surface area (Å²) < 4.78 is 40.8. The number of hydrogen-bond donors (Lipinski definition) is 5. The van der Waals surface area contributed by atoms with E-state index < -0.39 is 30.7 Å². The Morgan fingerprint density at radius 3 is 2.41 bits per heavy atom. The number of aryl methyl sites for hydroxylation is 1. The lowest BCUT2D eigenvalue weighted by molar-refractivity contribution is 0.386. The zero-order valence-electron chi connectivity index (χ0n) is 19.7. The van der Waals surface area contributed by atoms with Crippen molar-refractivity contribution >= 4 is 41.4 Å². The SMILES string of the molecule is Cc1nc2cc(F)c(-c3ccc(P(=O)(O)O)nc3)nc2c(N[C@H](C)c2cc(C#N)ccc2F)c1Cl.N.N. The molecule has 37 heavy (non-hydrogen) atoms. The van der Waals surface area contributed by atoms with Crippen LogP contribution in [0.3, 0.4) is 0 Å². The van der Waals surface area contributed by atoms with E-state index in [-0.39, 0.29) is 56.4 Å². The van der Waals surface area contributed by atoms with E-state index in [4.69, 9.17) is 16.9 Å². The molecule has 0 radical (unpaired) electrons. The molecule has 14 heteroatoms. The maximum atomic E-state index is 15.0. The van der Waals surface area contributed by atoms with Crippen LogP contribution in [0.1, 0.15) is 29.8 Å². The molecule has 0 unspecified atom stereocenters. The van der Waals surface area contributed by atoms with Crippen molar-refractivity contribution in [2.75, 3.05) is 5.32 Å². The average molecular weight is 550 g/mol. The van der Waals surface area contributed by atoms with Crippen LogP contribution in [0.5, 0.6) is 0 Å². The number of halogens is 3. The van der Waals surface area contributed by atoms with Gasteiger partial charge in [-0.3, -0.25) is 4.57 Å². The van der Waals surface area contributed by atoms with Crippen molar-refractivity contribution in [2.24, 2.45) is 0 Å². The maximum absolute atomic E-state index is 15.0. The molecule has 4 aromatic rings. The van der Waals surface area contributed by atoms with E-state index in [2.05, 4.69) is 20.3 Å². The molecule has 1 aromatic carbocycles. The van der Waals surface area contributed by atoms with Crippen LogP contribution in [0.2, 0.25) is 5.02 Å². The number of fused-ring (bicyclic) bond motifs is 1. The fourth-order valence-corrected chi connectivity index (χ4v) is 4.20. The molecule has 3 aromatic heterocycles. The molecule has 9 N–H and O–H groups in total. The van der Waals surface area contributed by atoms with Crippen LogP contribution in [0.4, 0.5) is 14.5 Å². The van der Waals surface area contributed by atoms with Gasteiger partial charge >= 0.3 is 7.60 Å². The third-order valence-electron chi connectivity index (χ3n) is 5.29. The highest BCUT2D eigenvalue weighted by atomic mass is 35.5. The van der Waals surface area contributed by atoms with Crippen LogP contribution < -0.4 is 23.1 Å². The van der Waals surface area contributed by atoms with Crippen molar-refractivity contribution in [2.45, 2.75) is 19.9 Å². The van der Waals surface area contributed by atoms with Gasteiger partial charge in [0, 0.05) is 23.4 Å². The summed E-state index contributed by atoms with van der Waals surface area (Å²) in [5.74, 6) is -1.25. The second-order valence-corrected chi connectivity index (χ2v) is 9.66. The molecule has 0 saturated carbocycles. The molecule has 1 atom stereocenters. The fraction of sp³-hybridized carbons (Fsp3) is 0.130. The highest BCUT2D eigenvalue weighted by Gasteiger charge is 2.22. The Morgan fingerprint density at radius 2 is 1.81 bits per heavy atom. The van der Waals surface area contributed by atoms with E-state index in [9.17, 15) is 23.1 Å². The minimum atomic E-state index is -4.57. The summed E-state index contributed by atoms with van der Waals surface area (Å²) in [6, 6.07) is 8.85. The smallest absolute Gasteiger partial charge is 0.374 e. The van der Waals surface area contributed by atoms with Gasteiger partial charge in [0.15, 0.2) is 11.3 Å². The first-order valence-corrected chi connectivity index (χ1v) is 12.1. The van der Waals surface area contributed by atoms with Crippen molar-refractivity contribution in [3.8, 4) is 17.3 Å². The highest BCUT2D eigenvalue weighted by molar-refractivity contribution is 7.60. The Kier molecular flexibility index (Phi) is 9.00. The Bertz CT molecular complexity index is 1560. The third kappa shape index (κ3) is 5.89. The standard InChI is InChI=1S/C23H17ClF2N5O3P.2H3N/c1-11(15-7-13(9-27)3-5-16(15)25)30-23-20(24)12(2)29-18-8-17(26)21(31-22(18)23)14-4-6-19(28-10-14)35(32,33)34;;/h3-8,10-11H,1-2H3,(H,29,30)(H2,32,33,34);2*1H3/t11-;;/m1../s1. The first-order chi connectivity index (χ1) is 16.5. The Morgan fingerprint density at radius 1 is 1.11 bits per heavy atom.